The monoisotopic (exact) mass is 404 g/mol. The number of carbonyl (C=O) groups is 1. The number of aromatic nitrogens is 2. The van der Waals surface area contributed by atoms with E-state index in [1.807, 2.05) is 60.1 Å². The van der Waals surface area contributed by atoms with Crippen molar-refractivity contribution in [3.8, 4) is 11.4 Å². The van der Waals surface area contributed by atoms with E-state index in [9.17, 15) is 4.79 Å². The predicted molar refractivity (Wildman–Crippen MR) is 117 cm³/mol. The first-order chi connectivity index (χ1) is 14.6. The molecule has 156 valence electrons. The lowest BCUT2D eigenvalue weighted by atomic mass is 10.0. The SMILES string of the molecule is COc1ccccc1CN1CCC(NC(=O)c2ccc(-n3nccc3C)cc2)CC1. The molecule has 0 atom stereocenters. The van der Waals surface area contributed by atoms with Crippen molar-refractivity contribution in [1.29, 1.82) is 0 Å². The lowest BCUT2D eigenvalue weighted by Gasteiger charge is -2.32. The molecule has 0 saturated carbocycles. The highest BCUT2D eigenvalue weighted by Gasteiger charge is 2.22. The molecule has 0 unspecified atom stereocenters. The molecule has 2 aromatic carbocycles. The number of carbonyl (C=O) groups excluding carboxylic acids is 1. The van der Waals surface area contributed by atoms with Crippen molar-refractivity contribution >= 4 is 5.91 Å². The molecule has 6 nitrogen and oxygen atoms in total. The first kappa shape index (κ1) is 20.2. The summed E-state index contributed by atoms with van der Waals surface area (Å²) in [6, 6.07) is 17.9. The van der Waals surface area contributed by atoms with Gasteiger partial charge in [0.15, 0.2) is 0 Å². The number of methoxy groups -OCH3 is 1. The Morgan fingerprint density at radius 2 is 1.83 bits per heavy atom. The van der Waals surface area contributed by atoms with Gasteiger partial charge in [-0.3, -0.25) is 9.69 Å². The second-order valence-electron chi connectivity index (χ2n) is 7.77. The molecule has 4 rings (SSSR count). The normalized spacial score (nSPS) is 15.1. The number of rotatable bonds is 6. The van der Waals surface area contributed by atoms with Gasteiger partial charge in [0, 0.05) is 48.7 Å². The van der Waals surface area contributed by atoms with Crippen LogP contribution in [0.1, 0.15) is 34.5 Å². The maximum atomic E-state index is 12.7. The van der Waals surface area contributed by atoms with Crippen LogP contribution in [0, 0.1) is 6.92 Å². The fourth-order valence-corrected chi connectivity index (χ4v) is 3.97. The summed E-state index contributed by atoms with van der Waals surface area (Å²) < 4.78 is 7.32. The molecular formula is C24H28N4O2. The second kappa shape index (κ2) is 9.13. The first-order valence-electron chi connectivity index (χ1n) is 10.4. The Hall–Kier alpha value is -3.12. The number of ether oxygens (including phenoxy) is 1. The van der Waals surface area contributed by atoms with Crippen LogP contribution in [0.3, 0.4) is 0 Å². The van der Waals surface area contributed by atoms with E-state index in [1.54, 1.807) is 13.3 Å². The topological polar surface area (TPSA) is 59.4 Å². The van der Waals surface area contributed by atoms with E-state index >= 15 is 0 Å². The van der Waals surface area contributed by atoms with Gasteiger partial charge < -0.3 is 10.1 Å². The third kappa shape index (κ3) is 4.54. The third-order valence-electron chi connectivity index (χ3n) is 5.72. The van der Waals surface area contributed by atoms with Gasteiger partial charge in [0.05, 0.1) is 12.8 Å². The van der Waals surface area contributed by atoms with Crippen LogP contribution in [-0.2, 0) is 6.54 Å². The first-order valence-corrected chi connectivity index (χ1v) is 10.4. The molecule has 0 bridgehead atoms. The number of amides is 1. The van der Waals surface area contributed by atoms with E-state index in [0.717, 1.165) is 49.6 Å². The summed E-state index contributed by atoms with van der Waals surface area (Å²) in [6.07, 6.45) is 3.67. The molecule has 2 heterocycles. The summed E-state index contributed by atoms with van der Waals surface area (Å²) in [5.74, 6) is 0.920. The molecule has 1 fully saturated rings. The number of aryl methyl sites for hydroxylation is 1. The number of likely N-dealkylation sites (tertiary alicyclic amines) is 1. The molecule has 1 aliphatic heterocycles. The van der Waals surface area contributed by atoms with E-state index < -0.39 is 0 Å². The van der Waals surface area contributed by atoms with E-state index in [2.05, 4.69) is 21.4 Å². The van der Waals surface area contributed by atoms with Crippen molar-refractivity contribution in [1.82, 2.24) is 20.0 Å². The van der Waals surface area contributed by atoms with Gasteiger partial charge in [-0.15, -0.1) is 0 Å². The Morgan fingerprint density at radius 1 is 1.10 bits per heavy atom. The van der Waals surface area contributed by atoms with E-state index in [-0.39, 0.29) is 11.9 Å². The summed E-state index contributed by atoms with van der Waals surface area (Å²) in [6.45, 7) is 4.80. The number of hydrogen-bond donors (Lipinski definition) is 1. The Labute approximate surface area is 177 Å². The van der Waals surface area contributed by atoms with Gasteiger partial charge in [0.2, 0.25) is 0 Å². The number of nitrogens with one attached hydrogen (secondary N) is 1. The van der Waals surface area contributed by atoms with Crippen molar-refractivity contribution in [2.24, 2.45) is 0 Å². The van der Waals surface area contributed by atoms with E-state index in [1.165, 1.54) is 5.56 Å². The Morgan fingerprint density at radius 3 is 2.50 bits per heavy atom. The Balaban J connectivity index is 1.29. The lowest BCUT2D eigenvalue weighted by Crippen LogP contribution is -2.44. The van der Waals surface area contributed by atoms with Crippen LogP contribution in [0.15, 0.2) is 60.8 Å². The fourth-order valence-electron chi connectivity index (χ4n) is 3.97. The minimum Gasteiger partial charge on any atom is -0.496 e. The molecule has 1 N–H and O–H groups in total. The highest BCUT2D eigenvalue weighted by Crippen LogP contribution is 2.21. The molecule has 0 radical (unpaired) electrons. The van der Waals surface area contributed by atoms with Gasteiger partial charge in [-0.1, -0.05) is 18.2 Å². The Bertz CT molecular complexity index is 988. The smallest absolute Gasteiger partial charge is 0.251 e. The number of piperidine rings is 1. The molecule has 1 aliphatic rings. The highest BCUT2D eigenvalue weighted by molar-refractivity contribution is 5.94. The zero-order chi connectivity index (χ0) is 20.9. The summed E-state index contributed by atoms with van der Waals surface area (Å²) >= 11 is 0. The minimum absolute atomic E-state index is 0.0121. The third-order valence-corrected chi connectivity index (χ3v) is 5.72. The fraction of sp³-hybridized carbons (Fsp3) is 0.333. The molecule has 6 heteroatoms. The van der Waals surface area contributed by atoms with Crippen LogP contribution < -0.4 is 10.1 Å². The molecule has 1 aromatic heterocycles. The molecule has 30 heavy (non-hydrogen) atoms. The minimum atomic E-state index is -0.0121. The van der Waals surface area contributed by atoms with E-state index in [0.29, 0.717) is 5.56 Å². The predicted octanol–water partition coefficient (Wildman–Crippen LogP) is 3.58. The van der Waals surface area contributed by atoms with Gasteiger partial charge in [0.1, 0.15) is 5.75 Å². The molecule has 1 saturated heterocycles. The lowest BCUT2D eigenvalue weighted by molar-refractivity contribution is 0.0908. The van der Waals surface area contributed by atoms with Crippen molar-refractivity contribution in [2.45, 2.75) is 32.4 Å². The zero-order valence-corrected chi connectivity index (χ0v) is 17.5. The standard InChI is InChI=1S/C24H28N4O2/c1-18-11-14-25-28(18)22-9-7-19(8-10-22)24(29)26-21-12-15-27(16-13-21)17-20-5-3-4-6-23(20)30-2/h3-11,14,21H,12-13,15-17H2,1-2H3,(H,26,29). The number of benzene rings is 2. The number of nitrogens with zero attached hydrogens (tertiary/aromatic N) is 3. The number of hydrogen-bond acceptors (Lipinski definition) is 4. The van der Waals surface area contributed by atoms with Gasteiger partial charge in [0.25, 0.3) is 5.91 Å². The van der Waals surface area contributed by atoms with Crippen molar-refractivity contribution in [2.75, 3.05) is 20.2 Å². The summed E-state index contributed by atoms with van der Waals surface area (Å²) in [7, 11) is 1.71. The number of para-hydroxylation sites is 1. The quantitative estimate of drug-likeness (QED) is 0.682. The zero-order valence-electron chi connectivity index (χ0n) is 17.5. The molecule has 0 spiro atoms. The van der Waals surface area contributed by atoms with Gasteiger partial charge in [-0.05, 0) is 56.2 Å². The van der Waals surface area contributed by atoms with Crippen LogP contribution in [0.25, 0.3) is 5.69 Å². The van der Waals surface area contributed by atoms with Crippen LogP contribution in [0.2, 0.25) is 0 Å². The Kier molecular flexibility index (Phi) is 6.14. The maximum Gasteiger partial charge on any atom is 0.251 e. The van der Waals surface area contributed by atoms with Gasteiger partial charge in [-0.25, -0.2) is 4.68 Å². The maximum absolute atomic E-state index is 12.7. The van der Waals surface area contributed by atoms with Crippen LogP contribution in [0.5, 0.6) is 5.75 Å². The van der Waals surface area contributed by atoms with Crippen LogP contribution in [-0.4, -0.2) is 46.8 Å². The van der Waals surface area contributed by atoms with Crippen LogP contribution in [0.4, 0.5) is 0 Å². The summed E-state index contributed by atoms with van der Waals surface area (Å²) in [4.78, 5) is 15.1. The second-order valence-corrected chi connectivity index (χ2v) is 7.77. The van der Waals surface area contributed by atoms with Crippen molar-refractivity contribution in [3.63, 3.8) is 0 Å². The van der Waals surface area contributed by atoms with Crippen molar-refractivity contribution < 1.29 is 9.53 Å². The largest absolute Gasteiger partial charge is 0.496 e. The van der Waals surface area contributed by atoms with Gasteiger partial charge in [-0.2, -0.15) is 5.10 Å². The van der Waals surface area contributed by atoms with Crippen LogP contribution >= 0.6 is 0 Å². The van der Waals surface area contributed by atoms with E-state index in [4.69, 9.17) is 4.74 Å². The average Bonchev–Trinajstić information content (AvgIpc) is 3.21. The molecular weight excluding hydrogens is 376 g/mol. The summed E-state index contributed by atoms with van der Waals surface area (Å²) in [5, 5.41) is 7.50. The van der Waals surface area contributed by atoms with Gasteiger partial charge >= 0.3 is 0 Å². The highest BCUT2D eigenvalue weighted by atomic mass is 16.5. The molecule has 1 amide bonds. The molecule has 3 aromatic rings. The summed E-state index contributed by atoms with van der Waals surface area (Å²) in [5.41, 5.74) is 3.90. The van der Waals surface area contributed by atoms with Crippen molar-refractivity contribution in [3.05, 3.63) is 77.6 Å². The average molecular weight is 405 g/mol. The molecule has 0 aliphatic carbocycles.